The lowest BCUT2D eigenvalue weighted by molar-refractivity contribution is -0.126. The lowest BCUT2D eigenvalue weighted by atomic mass is 9.90. The highest BCUT2D eigenvalue weighted by molar-refractivity contribution is 6.31. The van der Waals surface area contributed by atoms with Gasteiger partial charge in [-0.05, 0) is 48.0 Å². The minimum Gasteiger partial charge on any atom is -0.273 e. The standard InChI is InChI=1S/C23H16Cl2N2O3/c24-15-11-9-14(10-12-15)20-19-21(30-27(20)17-6-2-1-3-7-17)23(29)26(22(19)28)18-8-4-5-16(25)13-18/h1-13,19-21H/t19-,20-,21-/m1/s1. The number of benzene rings is 3. The number of anilines is 2. The number of amides is 2. The highest BCUT2D eigenvalue weighted by Crippen LogP contribution is 2.47. The number of carbonyl (C=O) groups is 2. The fourth-order valence-corrected chi connectivity index (χ4v) is 4.39. The average Bonchev–Trinajstić information content (AvgIpc) is 3.26. The van der Waals surface area contributed by atoms with Gasteiger partial charge >= 0.3 is 0 Å². The summed E-state index contributed by atoms with van der Waals surface area (Å²) < 4.78 is 0. The van der Waals surface area contributed by atoms with E-state index >= 15 is 0 Å². The Balaban J connectivity index is 1.59. The lowest BCUT2D eigenvalue weighted by Crippen LogP contribution is -2.37. The van der Waals surface area contributed by atoms with Gasteiger partial charge in [0.15, 0.2) is 6.10 Å². The van der Waals surface area contributed by atoms with Crippen LogP contribution < -0.4 is 9.96 Å². The average molecular weight is 439 g/mol. The van der Waals surface area contributed by atoms with E-state index in [2.05, 4.69) is 0 Å². The second kappa shape index (κ2) is 7.43. The van der Waals surface area contributed by atoms with E-state index in [4.69, 9.17) is 28.0 Å². The van der Waals surface area contributed by atoms with Crippen molar-refractivity contribution in [3.8, 4) is 0 Å². The van der Waals surface area contributed by atoms with Crippen LogP contribution in [0.5, 0.6) is 0 Å². The van der Waals surface area contributed by atoms with Crippen LogP contribution in [-0.2, 0) is 14.4 Å². The predicted octanol–water partition coefficient (Wildman–Crippen LogP) is 5.04. The van der Waals surface area contributed by atoms with Gasteiger partial charge in [0, 0.05) is 10.0 Å². The molecule has 0 bridgehead atoms. The monoisotopic (exact) mass is 438 g/mol. The van der Waals surface area contributed by atoms with Crippen LogP contribution in [0.3, 0.4) is 0 Å². The first-order valence-electron chi connectivity index (χ1n) is 9.44. The summed E-state index contributed by atoms with van der Waals surface area (Å²) in [5, 5.41) is 2.70. The Morgan fingerprint density at radius 3 is 2.13 bits per heavy atom. The van der Waals surface area contributed by atoms with E-state index in [1.165, 1.54) is 4.90 Å². The van der Waals surface area contributed by atoms with Gasteiger partial charge < -0.3 is 0 Å². The van der Waals surface area contributed by atoms with Crippen molar-refractivity contribution in [1.82, 2.24) is 0 Å². The molecule has 2 fully saturated rings. The van der Waals surface area contributed by atoms with E-state index in [1.807, 2.05) is 42.5 Å². The van der Waals surface area contributed by atoms with E-state index < -0.39 is 24.0 Å². The normalized spacial score (nSPS) is 23.2. The molecule has 3 atom stereocenters. The van der Waals surface area contributed by atoms with Crippen LogP contribution in [-0.4, -0.2) is 17.9 Å². The van der Waals surface area contributed by atoms with Gasteiger partial charge in [-0.3, -0.25) is 14.4 Å². The second-order valence-corrected chi connectivity index (χ2v) is 8.07. The van der Waals surface area contributed by atoms with Gasteiger partial charge in [0.2, 0.25) is 5.91 Å². The Hall–Kier alpha value is -2.86. The van der Waals surface area contributed by atoms with Gasteiger partial charge in [-0.25, -0.2) is 9.96 Å². The van der Waals surface area contributed by atoms with Crippen molar-refractivity contribution in [3.05, 3.63) is 94.5 Å². The highest BCUT2D eigenvalue weighted by atomic mass is 35.5. The first-order valence-corrected chi connectivity index (χ1v) is 10.2. The number of rotatable bonds is 3. The summed E-state index contributed by atoms with van der Waals surface area (Å²) in [4.78, 5) is 33.9. The minimum atomic E-state index is -0.919. The molecule has 0 unspecified atom stereocenters. The van der Waals surface area contributed by atoms with E-state index in [-0.39, 0.29) is 5.91 Å². The van der Waals surface area contributed by atoms with Crippen LogP contribution in [0.4, 0.5) is 11.4 Å². The van der Waals surface area contributed by atoms with Crippen LogP contribution in [0.1, 0.15) is 11.6 Å². The summed E-state index contributed by atoms with van der Waals surface area (Å²) >= 11 is 12.1. The molecule has 2 heterocycles. The summed E-state index contributed by atoms with van der Waals surface area (Å²) in [6, 6.07) is 22.9. The Labute approximate surface area is 183 Å². The summed E-state index contributed by atoms with van der Waals surface area (Å²) in [6.45, 7) is 0. The largest absolute Gasteiger partial charge is 0.273 e. The Bertz CT molecular complexity index is 1120. The molecule has 2 aliphatic rings. The van der Waals surface area contributed by atoms with Gasteiger partial charge in [-0.1, -0.05) is 59.6 Å². The zero-order valence-corrected chi connectivity index (χ0v) is 17.1. The van der Waals surface area contributed by atoms with Crippen molar-refractivity contribution in [2.75, 3.05) is 9.96 Å². The van der Waals surface area contributed by atoms with Crippen LogP contribution in [0.2, 0.25) is 10.0 Å². The van der Waals surface area contributed by atoms with Gasteiger partial charge in [0.1, 0.15) is 5.92 Å². The van der Waals surface area contributed by atoms with Crippen LogP contribution in [0.15, 0.2) is 78.9 Å². The van der Waals surface area contributed by atoms with Gasteiger partial charge in [0.05, 0.1) is 17.4 Å². The number of imide groups is 1. The predicted molar refractivity (Wildman–Crippen MR) is 115 cm³/mol. The molecule has 3 aromatic rings. The molecular weight excluding hydrogens is 423 g/mol. The molecule has 7 heteroatoms. The molecule has 0 spiro atoms. The van der Waals surface area contributed by atoms with E-state index in [0.717, 1.165) is 11.3 Å². The zero-order chi connectivity index (χ0) is 20.8. The molecule has 0 aliphatic carbocycles. The molecular formula is C23H16Cl2N2O3. The number of hydrogen-bond acceptors (Lipinski definition) is 4. The number of nitrogens with zero attached hydrogens (tertiary/aromatic N) is 2. The van der Waals surface area contributed by atoms with Crippen molar-refractivity contribution in [1.29, 1.82) is 0 Å². The molecule has 2 saturated heterocycles. The van der Waals surface area contributed by atoms with E-state index in [9.17, 15) is 9.59 Å². The molecule has 0 N–H and O–H groups in total. The number of hydroxylamine groups is 1. The number of carbonyl (C=O) groups excluding carboxylic acids is 2. The lowest BCUT2D eigenvalue weighted by Gasteiger charge is -2.28. The zero-order valence-electron chi connectivity index (χ0n) is 15.6. The Morgan fingerprint density at radius 2 is 1.43 bits per heavy atom. The quantitative estimate of drug-likeness (QED) is 0.537. The van der Waals surface area contributed by atoms with Crippen LogP contribution in [0.25, 0.3) is 0 Å². The smallest absolute Gasteiger partial charge is 0.266 e. The summed E-state index contributed by atoms with van der Waals surface area (Å²) in [7, 11) is 0. The number of fused-ring (bicyclic) bond motifs is 1. The maximum atomic E-state index is 13.5. The third-order valence-corrected chi connectivity index (χ3v) is 5.89. The van der Waals surface area contributed by atoms with Gasteiger partial charge in [-0.15, -0.1) is 0 Å². The second-order valence-electron chi connectivity index (χ2n) is 7.20. The van der Waals surface area contributed by atoms with Crippen molar-refractivity contribution in [2.24, 2.45) is 5.92 Å². The summed E-state index contributed by atoms with van der Waals surface area (Å²) in [6.07, 6.45) is -0.919. The maximum absolute atomic E-state index is 13.5. The molecule has 150 valence electrons. The molecule has 0 aromatic heterocycles. The van der Waals surface area contributed by atoms with E-state index in [1.54, 1.807) is 41.5 Å². The van der Waals surface area contributed by atoms with Crippen LogP contribution >= 0.6 is 23.2 Å². The molecule has 0 radical (unpaired) electrons. The Kier molecular flexibility index (Phi) is 4.74. The minimum absolute atomic E-state index is 0.314. The van der Waals surface area contributed by atoms with Crippen molar-refractivity contribution >= 4 is 46.4 Å². The summed E-state index contributed by atoms with van der Waals surface area (Å²) in [5.74, 6) is -1.41. The molecule has 5 rings (SSSR count). The summed E-state index contributed by atoms with van der Waals surface area (Å²) in [5.41, 5.74) is 2.04. The van der Waals surface area contributed by atoms with Crippen LogP contribution in [0, 0.1) is 5.92 Å². The van der Waals surface area contributed by atoms with Gasteiger partial charge in [-0.2, -0.15) is 0 Å². The molecule has 5 nitrogen and oxygen atoms in total. The Morgan fingerprint density at radius 1 is 0.733 bits per heavy atom. The number of hydrogen-bond donors (Lipinski definition) is 0. The molecule has 30 heavy (non-hydrogen) atoms. The third-order valence-electron chi connectivity index (χ3n) is 5.40. The van der Waals surface area contributed by atoms with Gasteiger partial charge in [0.25, 0.3) is 5.91 Å². The van der Waals surface area contributed by atoms with E-state index in [0.29, 0.717) is 15.7 Å². The molecule has 0 saturated carbocycles. The first-order chi connectivity index (χ1) is 14.5. The topological polar surface area (TPSA) is 49.9 Å². The number of para-hydroxylation sites is 1. The highest BCUT2D eigenvalue weighted by Gasteiger charge is 2.60. The third kappa shape index (κ3) is 3.06. The van der Waals surface area contributed by atoms with Crippen molar-refractivity contribution in [3.63, 3.8) is 0 Å². The fourth-order valence-electron chi connectivity index (χ4n) is 4.08. The van der Waals surface area contributed by atoms with Crippen molar-refractivity contribution in [2.45, 2.75) is 12.1 Å². The first kappa shape index (κ1) is 19.1. The molecule has 3 aromatic carbocycles. The molecule has 2 amide bonds. The van der Waals surface area contributed by atoms with Crippen molar-refractivity contribution < 1.29 is 14.4 Å². The molecule has 2 aliphatic heterocycles. The fraction of sp³-hybridized carbons (Fsp3) is 0.130. The maximum Gasteiger partial charge on any atom is 0.266 e. The SMILES string of the molecule is O=C1[C@@H]2[C@@H](c3ccc(Cl)cc3)N(c3ccccc3)O[C@H]2C(=O)N1c1cccc(Cl)c1. The number of halogens is 2.